The van der Waals surface area contributed by atoms with Gasteiger partial charge in [0.25, 0.3) is 0 Å². The molecule has 1 N–H and O–H groups in total. The number of rotatable bonds is 7. The van der Waals surface area contributed by atoms with Crippen molar-refractivity contribution in [2.45, 2.75) is 38.0 Å². The van der Waals surface area contributed by atoms with E-state index in [9.17, 15) is 27.5 Å². The Hall–Kier alpha value is -2.85. The third-order valence-electron chi connectivity index (χ3n) is 6.67. The van der Waals surface area contributed by atoms with E-state index in [-0.39, 0.29) is 23.1 Å². The molecule has 2 aromatic rings. The predicted octanol–water partition coefficient (Wildman–Crippen LogP) is 5.62. The summed E-state index contributed by atoms with van der Waals surface area (Å²) in [4.78, 5) is 14.4. The number of halogens is 6. The molecule has 2 aromatic carbocycles. The van der Waals surface area contributed by atoms with Gasteiger partial charge < -0.3 is 5.11 Å². The summed E-state index contributed by atoms with van der Waals surface area (Å²) >= 11 is 0. The average Bonchev–Trinajstić information content (AvgIpc) is 2.75. The van der Waals surface area contributed by atoms with Crippen LogP contribution in [0.15, 0.2) is 35.9 Å². The zero-order valence-electron chi connectivity index (χ0n) is 19.6. The number of aromatic carboxylic acids is 1. The zero-order valence-corrected chi connectivity index (χ0v) is 19.6. The molecule has 0 saturated carbocycles. The van der Waals surface area contributed by atoms with Crippen LogP contribution in [0.1, 0.15) is 52.0 Å². The van der Waals surface area contributed by atoms with Gasteiger partial charge >= 0.3 is 12.1 Å². The monoisotopic (exact) mass is 512 g/mol. The predicted molar refractivity (Wildman–Crippen MR) is 123 cm³/mol. The van der Waals surface area contributed by atoms with E-state index in [0.717, 1.165) is 22.6 Å². The number of fused-ring (bicyclic) bond motifs is 1. The van der Waals surface area contributed by atoms with E-state index in [1.54, 1.807) is 6.08 Å². The lowest BCUT2D eigenvalue weighted by molar-refractivity contribution is -0.155. The second-order valence-electron chi connectivity index (χ2n) is 9.42. The quantitative estimate of drug-likeness (QED) is 0.490. The molecule has 1 fully saturated rings. The fraction of sp³-hybridized carbons (Fsp3) is 0.423. The molecule has 4 rings (SSSR count). The first-order valence-corrected chi connectivity index (χ1v) is 11.6. The molecule has 194 valence electrons. The molecule has 0 bridgehead atoms. The molecule has 0 aliphatic carbocycles. The summed E-state index contributed by atoms with van der Waals surface area (Å²) in [6.45, 7) is 1.44. The maximum Gasteiger partial charge on any atom is 0.401 e. The highest BCUT2D eigenvalue weighted by Gasteiger charge is 2.42. The molecular weight excluding hydrogens is 486 g/mol. The van der Waals surface area contributed by atoms with Gasteiger partial charge in [-0.15, -0.1) is 0 Å². The number of nitrogens with zero attached hydrogens (tertiary/aromatic N) is 2. The van der Waals surface area contributed by atoms with Crippen molar-refractivity contribution in [1.82, 2.24) is 9.80 Å². The summed E-state index contributed by atoms with van der Waals surface area (Å²) < 4.78 is 83.6. The van der Waals surface area contributed by atoms with Gasteiger partial charge in [0, 0.05) is 31.2 Å². The number of carboxylic acids is 1. The molecule has 2 aliphatic heterocycles. The van der Waals surface area contributed by atoms with E-state index < -0.39 is 54.6 Å². The van der Waals surface area contributed by atoms with Crippen LogP contribution in [0.4, 0.5) is 26.3 Å². The van der Waals surface area contributed by atoms with Crippen LogP contribution in [0, 0.1) is 11.6 Å². The van der Waals surface area contributed by atoms with Crippen molar-refractivity contribution in [3.8, 4) is 0 Å². The van der Waals surface area contributed by atoms with Gasteiger partial charge in [-0.25, -0.2) is 13.6 Å². The Labute approximate surface area is 204 Å². The van der Waals surface area contributed by atoms with E-state index in [4.69, 9.17) is 0 Å². The van der Waals surface area contributed by atoms with Crippen molar-refractivity contribution in [2.24, 2.45) is 0 Å². The Morgan fingerprint density at radius 3 is 2.39 bits per heavy atom. The highest BCUT2D eigenvalue weighted by Crippen LogP contribution is 2.42. The Morgan fingerprint density at radius 1 is 1.14 bits per heavy atom. The Kier molecular flexibility index (Phi) is 7.47. The van der Waals surface area contributed by atoms with Gasteiger partial charge in [0.2, 0.25) is 0 Å². The summed E-state index contributed by atoms with van der Waals surface area (Å²) in [6.07, 6.45) is -2.46. The van der Waals surface area contributed by atoms with Gasteiger partial charge in [-0.05, 0) is 66.3 Å². The molecule has 2 atom stereocenters. The fourth-order valence-corrected chi connectivity index (χ4v) is 5.07. The molecule has 0 radical (unpaired) electrons. The highest BCUT2D eigenvalue weighted by atomic mass is 19.4. The maximum atomic E-state index is 15.4. The van der Waals surface area contributed by atoms with Gasteiger partial charge in [-0.2, -0.15) is 13.2 Å². The number of carboxylic acid groups (broad SMARTS) is 1. The van der Waals surface area contributed by atoms with E-state index >= 15 is 8.78 Å². The van der Waals surface area contributed by atoms with Crippen LogP contribution < -0.4 is 0 Å². The highest BCUT2D eigenvalue weighted by molar-refractivity contribution is 5.88. The molecule has 2 aliphatic rings. The number of likely N-dealkylation sites (tertiary alicyclic amines) is 1. The summed E-state index contributed by atoms with van der Waals surface area (Å²) in [6, 6.07) is 4.00. The van der Waals surface area contributed by atoms with Crippen molar-refractivity contribution in [2.75, 3.05) is 32.9 Å². The summed E-state index contributed by atoms with van der Waals surface area (Å²) in [7, 11) is 0. The Bertz CT molecular complexity index is 1150. The largest absolute Gasteiger partial charge is 0.478 e. The first-order valence-electron chi connectivity index (χ1n) is 11.6. The van der Waals surface area contributed by atoms with E-state index in [2.05, 4.69) is 0 Å². The minimum absolute atomic E-state index is 0.0482. The third-order valence-corrected chi connectivity index (χ3v) is 6.67. The molecule has 1 saturated heterocycles. The third kappa shape index (κ3) is 5.59. The lowest BCUT2D eigenvalue weighted by Gasteiger charge is -2.42. The second kappa shape index (κ2) is 10.3. The van der Waals surface area contributed by atoms with E-state index in [1.807, 2.05) is 4.90 Å². The van der Waals surface area contributed by atoms with Crippen LogP contribution in [0.3, 0.4) is 0 Å². The fourth-order valence-electron chi connectivity index (χ4n) is 5.07. The Morgan fingerprint density at radius 2 is 1.81 bits per heavy atom. The van der Waals surface area contributed by atoms with Gasteiger partial charge in [-0.1, -0.05) is 12.1 Å². The van der Waals surface area contributed by atoms with Crippen LogP contribution in [0.25, 0.3) is 6.08 Å². The first kappa shape index (κ1) is 26.2. The molecule has 36 heavy (non-hydrogen) atoms. The van der Waals surface area contributed by atoms with Crippen molar-refractivity contribution in [3.05, 3.63) is 75.4 Å². The second-order valence-corrected chi connectivity index (χ2v) is 9.42. The van der Waals surface area contributed by atoms with Gasteiger partial charge in [-0.3, -0.25) is 14.2 Å². The minimum atomic E-state index is -4.61. The van der Waals surface area contributed by atoms with Gasteiger partial charge in [0.05, 0.1) is 24.8 Å². The molecule has 0 amide bonds. The first-order chi connectivity index (χ1) is 17.0. The molecule has 10 heteroatoms. The van der Waals surface area contributed by atoms with Crippen molar-refractivity contribution >= 4 is 12.0 Å². The Balaban J connectivity index is 1.72. The van der Waals surface area contributed by atoms with Gasteiger partial charge in [0.15, 0.2) is 0 Å². The van der Waals surface area contributed by atoms with Crippen molar-refractivity contribution < 1.29 is 36.2 Å². The minimum Gasteiger partial charge on any atom is -0.478 e. The topological polar surface area (TPSA) is 43.8 Å². The van der Waals surface area contributed by atoms with E-state index in [0.29, 0.717) is 31.6 Å². The molecular formula is C26H26F6N2O2. The van der Waals surface area contributed by atoms with Crippen molar-refractivity contribution in [3.63, 3.8) is 0 Å². The smallest absolute Gasteiger partial charge is 0.401 e. The maximum absolute atomic E-state index is 15.4. The summed E-state index contributed by atoms with van der Waals surface area (Å²) in [5.74, 6) is -3.15. The lowest BCUT2D eigenvalue weighted by atomic mass is 9.83. The molecule has 0 unspecified atom stereocenters. The number of alkyl halides is 4. The van der Waals surface area contributed by atoms with Crippen LogP contribution in [0.2, 0.25) is 0 Å². The van der Waals surface area contributed by atoms with E-state index in [1.165, 1.54) is 25.1 Å². The van der Waals surface area contributed by atoms with Crippen LogP contribution in [-0.4, -0.2) is 65.9 Å². The van der Waals surface area contributed by atoms with Crippen LogP contribution >= 0.6 is 0 Å². The molecule has 0 spiro atoms. The number of benzene rings is 2. The standard InChI is InChI=1S/C26H26F6N2O2/c1-15-7-19-11-18(25(35)36)3-4-20(19)24(34(15)14-26(30,31)32)23-21(28)9-16(10-22(23)29)8-17-12-33(13-17)6-2-5-27/h3-4,8-11,15,24H,2,5-7,12-14H2,1H3,(H,35,36)/t15-,24+/m1/s1. The lowest BCUT2D eigenvalue weighted by Crippen LogP contribution is -2.47. The molecule has 2 heterocycles. The van der Waals surface area contributed by atoms with Crippen LogP contribution in [0.5, 0.6) is 0 Å². The number of hydrogen-bond donors (Lipinski definition) is 1. The summed E-state index contributed by atoms with van der Waals surface area (Å²) in [5.41, 5.74) is 1.30. The summed E-state index contributed by atoms with van der Waals surface area (Å²) in [5, 5.41) is 9.31. The van der Waals surface area contributed by atoms with Crippen molar-refractivity contribution in [1.29, 1.82) is 0 Å². The van der Waals surface area contributed by atoms with Crippen LogP contribution in [-0.2, 0) is 6.42 Å². The number of hydrogen-bond acceptors (Lipinski definition) is 3. The molecule has 0 aromatic heterocycles. The molecule has 4 nitrogen and oxygen atoms in total. The average molecular weight is 512 g/mol. The zero-order chi connectivity index (χ0) is 26.2. The van der Waals surface area contributed by atoms with Gasteiger partial charge in [0.1, 0.15) is 11.6 Å². The normalized spacial score (nSPS) is 20.7. The number of carbonyl (C=O) groups is 1. The SMILES string of the molecule is C[C@@H]1Cc2cc(C(=O)O)ccc2[C@@H](c2c(F)cc(C=C3CN(CCCF)C3)cc2F)N1CC(F)(F)F.